The third-order valence-corrected chi connectivity index (χ3v) is 2.95. The molecule has 0 aliphatic rings. The van der Waals surface area contributed by atoms with E-state index in [1.807, 2.05) is 13.0 Å². The smallest absolute Gasteiger partial charge is 0.142 e. The molecule has 110 valence electrons. The maximum atomic E-state index is 6.06. The number of ether oxygens (including phenoxy) is 2. The Kier molecular flexibility index (Phi) is 10.5. The van der Waals surface area contributed by atoms with E-state index in [0.29, 0.717) is 22.3 Å². The molecule has 0 aromatic heterocycles. The average Bonchev–Trinajstić information content (AvgIpc) is 2.33. The minimum Gasteiger partial charge on any atom is -0.495 e. The van der Waals surface area contributed by atoms with Gasteiger partial charge < -0.3 is 14.8 Å². The van der Waals surface area contributed by atoms with E-state index in [4.69, 9.17) is 32.7 Å². The lowest BCUT2D eigenvalue weighted by Crippen LogP contribution is -2.17. The zero-order chi connectivity index (χ0) is 13.4. The Balaban J connectivity index is 0.00000324. The van der Waals surface area contributed by atoms with Crippen molar-refractivity contribution in [3.8, 4) is 5.75 Å². The Morgan fingerprint density at radius 3 is 2.63 bits per heavy atom. The van der Waals surface area contributed by atoms with Crippen LogP contribution in [0, 0.1) is 0 Å². The first-order chi connectivity index (χ1) is 8.69. The van der Waals surface area contributed by atoms with Crippen LogP contribution in [-0.2, 0) is 11.3 Å². The summed E-state index contributed by atoms with van der Waals surface area (Å²) in [5.41, 5.74) is 0.964. The van der Waals surface area contributed by atoms with E-state index in [1.165, 1.54) is 0 Å². The largest absolute Gasteiger partial charge is 0.495 e. The third-order valence-electron chi connectivity index (χ3n) is 2.45. The first-order valence-corrected chi connectivity index (χ1v) is 6.75. The van der Waals surface area contributed by atoms with Gasteiger partial charge in [-0.25, -0.2) is 0 Å². The number of rotatable bonds is 8. The van der Waals surface area contributed by atoms with Crippen molar-refractivity contribution < 1.29 is 9.47 Å². The molecule has 0 unspecified atom stereocenters. The Hall–Kier alpha value is -0.190. The van der Waals surface area contributed by atoms with Crippen molar-refractivity contribution in [2.75, 3.05) is 26.9 Å². The first-order valence-electron chi connectivity index (χ1n) is 5.99. The SMILES string of the molecule is CCOCCCNCc1cc(Cl)cc(Cl)c1OC.Cl. The van der Waals surface area contributed by atoms with Crippen LogP contribution in [0.15, 0.2) is 12.1 Å². The Labute approximate surface area is 131 Å². The molecule has 0 bridgehead atoms. The fourth-order valence-corrected chi connectivity index (χ4v) is 2.25. The highest BCUT2D eigenvalue weighted by atomic mass is 35.5. The molecule has 1 N–H and O–H groups in total. The van der Waals surface area contributed by atoms with E-state index in [2.05, 4.69) is 5.32 Å². The lowest BCUT2D eigenvalue weighted by atomic mass is 10.2. The second-order valence-electron chi connectivity index (χ2n) is 3.81. The number of methoxy groups -OCH3 is 1. The van der Waals surface area contributed by atoms with Gasteiger partial charge in [-0.2, -0.15) is 0 Å². The van der Waals surface area contributed by atoms with Crippen molar-refractivity contribution in [2.45, 2.75) is 19.9 Å². The highest BCUT2D eigenvalue weighted by Gasteiger charge is 2.09. The van der Waals surface area contributed by atoms with Gasteiger partial charge in [-0.15, -0.1) is 12.4 Å². The number of nitrogens with one attached hydrogen (secondary N) is 1. The van der Waals surface area contributed by atoms with E-state index in [0.717, 1.165) is 31.7 Å². The van der Waals surface area contributed by atoms with Crippen LogP contribution >= 0.6 is 35.6 Å². The minimum absolute atomic E-state index is 0. The van der Waals surface area contributed by atoms with Crippen LogP contribution < -0.4 is 10.1 Å². The molecule has 0 atom stereocenters. The molecule has 0 heterocycles. The summed E-state index contributed by atoms with van der Waals surface area (Å²) < 4.78 is 10.5. The van der Waals surface area contributed by atoms with E-state index < -0.39 is 0 Å². The number of halogens is 3. The molecule has 0 amide bonds. The fraction of sp³-hybridized carbons (Fsp3) is 0.538. The number of hydrogen-bond acceptors (Lipinski definition) is 3. The third kappa shape index (κ3) is 6.68. The normalized spacial score (nSPS) is 10.1. The summed E-state index contributed by atoms with van der Waals surface area (Å²) in [5, 5.41) is 4.47. The van der Waals surface area contributed by atoms with E-state index >= 15 is 0 Å². The highest BCUT2D eigenvalue weighted by molar-refractivity contribution is 6.35. The lowest BCUT2D eigenvalue weighted by molar-refractivity contribution is 0.144. The standard InChI is InChI=1S/C13H19Cl2NO2.ClH/c1-3-18-6-4-5-16-9-10-7-11(14)8-12(15)13(10)17-2;/h7-8,16H,3-6,9H2,1-2H3;1H. The zero-order valence-electron chi connectivity index (χ0n) is 11.2. The predicted octanol–water partition coefficient (Wildman–Crippen LogP) is 3.94. The van der Waals surface area contributed by atoms with Crippen molar-refractivity contribution in [3.05, 3.63) is 27.7 Å². The quantitative estimate of drug-likeness (QED) is 0.733. The predicted molar refractivity (Wildman–Crippen MR) is 83.1 cm³/mol. The van der Waals surface area contributed by atoms with Crippen LogP contribution in [0.1, 0.15) is 18.9 Å². The van der Waals surface area contributed by atoms with Crippen molar-refractivity contribution >= 4 is 35.6 Å². The van der Waals surface area contributed by atoms with Gasteiger partial charge in [0.05, 0.1) is 12.1 Å². The van der Waals surface area contributed by atoms with Crippen molar-refractivity contribution in [2.24, 2.45) is 0 Å². The molecular weight excluding hydrogens is 309 g/mol. The molecule has 1 rings (SSSR count). The summed E-state index contributed by atoms with van der Waals surface area (Å²) in [6, 6.07) is 3.54. The summed E-state index contributed by atoms with van der Waals surface area (Å²) in [6.45, 7) is 5.09. The summed E-state index contributed by atoms with van der Waals surface area (Å²) in [7, 11) is 1.60. The Bertz CT molecular complexity index is 375. The molecule has 0 radical (unpaired) electrons. The van der Waals surface area contributed by atoms with E-state index in [-0.39, 0.29) is 12.4 Å². The summed E-state index contributed by atoms with van der Waals surface area (Å²) in [4.78, 5) is 0. The summed E-state index contributed by atoms with van der Waals surface area (Å²) >= 11 is 12.0. The van der Waals surface area contributed by atoms with Gasteiger partial charge in [-0.3, -0.25) is 0 Å². The molecule has 0 fully saturated rings. The summed E-state index contributed by atoms with van der Waals surface area (Å²) in [6.07, 6.45) is 0.977. The maximum Gasteiger partial charge on any atom is 0.142 e. The monoisotopic (exact) mass is 327 g/mol. The van der Waals surface area contributed by atoms with E-state index in [9.17, 15) is 0 Å². The molecule has 19 heavy (non-hydrogen) atoms. The molecule has 1 aromatic carbocycles. The van der Waals surface area contributed by atoms with Crippen LogP contribution in [0.5, 0.6) is 5.75 Å². The highest BCUT2D eigenvalue weighted by Crippen LogP contribution is 2.31. The van der Waals surface area contributed by atoms with Crippen LogP contribution in [0.2, 0.25) is 10.0 Å². The number of hydrogen-bond donors (Lipinski definition) is 1. The molecule has 6 heteroatoms. The number of benzene rings is 1. The molecule has 1 aromatic rings. The van der Waals surface area contributed by atoms with Gasteiger partial charge in [-0.05, 0) is 32.0 Å². The first kappa shape index (κ1) is 18.8. The van der Waals surface area contributed by atoms with Crippen LogP contribution in [-0.4, -0.2) is 26.9 Å². The van der Waals surface area contributed by atoms with Crippen molar-refractivity contribution in [3.63, 3.8) is 0 Å². The van der Waals surface area contributed by atoms with E-state index in [1.54, 1.807) is 13.2 Å². The average molecular weight is 329 g/mol. The van der Waals surface area contributed by atoms with Crippen molar-refractivity contribution in [1.29, 1.82) is 0 Å². The van der Waals surface area contributed by atoms with Gasteiger partial charge in [-0.1, -0.05) is 23.2 Å². The van der Waals surface area contributed by atoms with Crippen LogP contribution in [0.3, 0.4) is 0 Å². The zero-order valence-corrected chi connectivity index (χ0v) is 13.5. The van der Waals surface area contributed by atoms with Gasteiger partial charge in [0.15, 0.2) is 0 Å². The van der Waals surface area contributed by atoms with Crippen LogP contribution in [0.25, 0.3) is 0 Å². The summed E-state index contributed by atoms with van der Waals surface area (Å²) in [5.74, 6) is 0.679. The lowest BCUT2D eigenvalue weighted by Gasteiger charge is -2.12. The topological polar surface area (TPSA) is 30.5 Å². The second kappa shape index (κ2) is 10.6. The molecule has 0 aliphatic heterocycles. The van der Waals surface area contributed by atoms with Gasteiger partial charge >= 0.3 is 0 Å². The van der Waals surface area contributed by atoms with Crippen molar-refractivity contribution in [1.82, 2.24) is 5.32 Å². The second-order valence-corrected chi connectivity index (χ2v) is 4.65. The Morgan fingerprint density at radius 2 is 2.00 bits per heavy atom. The minimum atomic E-state index is 0. The van der Waals surface area contributed by atoms with Gasteiger partial charge in [0.2, 0.25) is 0 Å². The Morgan fingerprint density at radius 1 is 1.26 bits per heavy atom. The van der Waals surface area contributed by atoms with Crippen LogP contribution in [0.4, 0.5) is 0 Å². The van der Waals surface area contributed by atoms with Gasteiger partial charge in [0, 0.05) is 30.3 Å². The molecule has 0 spiro atoms. The molecule has 0 saturated carbocycles. The molecule has 0 saturated heterocycles. The van der Waals surface area contributed by atoms with Gasteiger partial charge in [0.1, 0.15) is 5.75 Å². The maximum absolute atomic E-state index is 6.06. The fourth-order valence-electron chi connectivity index (χ4n) is 1.64. The molecular formula is C13H20Cl3NO2. The molecule has 3 nitrogen and oxygen atoms in total. The molecule has 0 aliphatic carbocycles. The van der Waals surface area contributed by atoms with Gasteiger partial charge in [0.25, 0.3) is 0 Å².